The molecule has 0 bridgehead atoms. The van der Waals surface area contributed by atoms with Gasteiger partial charge < -0.3 is 4.18 Å². The molecule has 2 rings (SSSR count). The average molecular weight is 212 g/mol. The molecule has 0 aromatic heterocycles. The predicted molar refractivity (Wildman–Crippen MR) is 47.4 cm³/mol. The van der Waals surface area contributed by atoms with Crippen LogP contribution < -0.4 is 0 Å². The normalized spacial score (nSPS) is 26.3. The van der Waals surface area contributed by atoms with E-state index in [2.05, 4.69) is 4.18 Å². The van der Waals surface area contributed by atoms with Crippen molar-refractivity contribution in [1.29, 1.82) is 0 Å². The zero-order chi connectivity index (χ0) is 8.86. The van der Waals surface area contributed by atoms with Gasteiger partial charge in [-0.2, -0.15) is 8.42 Å². The molecule has 6 heteroatoms. The number of hydrogen-bond donors (Lipinski definition) is 0. The molecule has 0 N–H and O–H groups in total. The monoisotopic (exact) mass is 212 g/mol. The van der Waals surface area contributed by atoms with Crippen molar-refractivity contribution in [3.05, 3.63) is 0 Å². The lowest BCUT2D eigenvalue weighted by atomic mass is 10.5. The van der Waals surface area contributed by atoms with Crippen LogP contribution in [0.4, 0.5) is 0 Å². The highest BCUT2D eigenvalue weighted by molar-refractivity contribution is 7.94. The summed E-state index contributed by atoms with van der Waals surface area (Å²) in [6, 6.07) is 0. The second-order valence-electron chi connectivity index (χ2n) is 2.43. The minimum absolute atomic E-state index is 0.201. The predicted octanol–water partition coefficient (Wildman–Crippen LogP) is 0.791. The number of rotatable bonds is 0. The van der Waals surface area contributed by atoms with Gasteiger partial charge in [-0.05, 0) is 24.9 Å². The van der Waals surface area contributed by atoms with Gasteiger partial charge in [0.25, 0.3) is 10.1 Å². The first-order valence-corrected chi connectivity index (χ1v) is 6.31. The van der Waals surface area contributed by atoms with E-state index in [-0.39, 0.29) is 5.75 Å². The first-order valence-electron chi connectivity index (χ1n) is 3.82. The SMILES string of the molecule is C1COSC1.O=S1(=O)CCCO1. The molecule has 0 aliphatic carbocycles. The third-order valence-corrected chi connectivity index (χ3v) is 3.44. The van der Waals surface area contributed by atoms with E-state index in [0.717, 1.165) is 6.61 Å². The van der Waals surface area contributed by atoms with Crippen molar-refractivity contribution in [2.75, 3.05) is 24.7 Å². The lowest BCUT2D eigenvalue weighted by Crippen LogP contribution is -1.96. The van der Waals surface area contributed by atoms with E-state index in [0.29, 0.717) is 13.0 Å². The second-order valence-corrected chi connectivity index (χ2v) is 5.07. The fourth-order valence-electron chi connectivity index (χ4n) is 0.775. The van der Waals surface area contributed by atoms with E-state index in [4.69, 9.17) is 4.18 Å². The van der Waals surface area contributed by atoms with Gasteiger partial charge in [-0.25, -0.2) is 0 Å². The van der Waals surface area contributed by atoms with Gasteiger partial charge in [-0.3, -0.25) is 4.18 Å². The number of hydrogen-bond acceptors (Lipinski definition) is 5. The molecule has 0 amide bonds. The van der Waals surface area contributed by atoms with Crippen LogP contribution in [0.2, 0.25) is 0 Å². The van der Waals surface area contributed by atoms with E-state index in [1.54, 1.807) is 12.0 Å². The van der Waals surface area contributed by atoms with Gasteiger partial charge in [0.05, 0.1) is 19.0 Å². The summed E-state index contributed by atoms with van der Waals surface area (Å²) < 4.78 is 29.6. The molecule has 72 valence electrons. The van der Waals surface area contributed by atoms with Crippen LogP contribution in [0.25, 0.3) is 0 Å². The van der Waals surface area contributed by atoms with E-state index in [1.807, 2.05) is 0 Å². The standard InChI is InChI=1S/C3H6O3S.C3H6OS/c4-7(5)3-1-2-6-7;1-2-4-5-3-1/h1-3H2;1-3H2. The fourth-order valence-corrected chi connectivity index (χ4v) is 2.33. The van der Waals surface area contributed by atoms with Gasteiger partial charge in [0.1, 0.15) is 0 Å². The Morgan fingerprint density at radius 2 is 2.00 bits per heavy atom. The molecular formula is C6H12O4S2. The Morgan fingerprint density at radius 3 is 2.17 bits per heavy atom. The molecule has 0 aromatic rings. The molecule has 0 atom stereocenters. The maximum absolute atomic E-state index is 10.2. The van der Waals surface area contributed by atoms with Gasteiger partial charge in [-0.15, -0.1) is 0 Å². The quantitative estimate of drug-likeness (QED) is 0.439. The Kier molecular flexibility index (Phi) is 4.34. The molecule has 0 spiro atoms. The Labute approximate surface area is 77.0 Å². The van der Waals surface area contributed by atoms with Crippen molar-refractivity contribution in [1.82, 2.24) is 0 Å². The van der Waals surface area contributed by atoms with Gasteiger partial charge in [0.15, 0.2) is 0 Å². The van der Waals surface area contributed by atoms with Gasteiger partial charge in [0, 0.05) is 5.75 Å². The van der Waals surface area contributed by atoms with Gasteiger partial charge in [-0.1, -0.05) is 0 Å². The van der Waals surface area contributed by atoms with Crippen LogP contribution in [0.3, 0.4) is 0 Å². The van der Waals surface area contributed by atoms with Crippen LogP contribution in [0.5, 0.6) is 0 Å². The van der Waals surface area contributed by atoms with Crippen LogP contribution in [0, 0.1) is 0 Å². The van der Waals surface area contributed by atoms with E-state index < -0.39 is 10.1 Å². The smallest absolute Gasteiger partial charge is 0.267 e. The Morgan fingerprint density at radius 1 is 1.17 bits per heavy atom. The highest BCUT2D eigenvalue weighted by Crippen LogP contribution is 2.12. The van der Waals surface area contributed by atoms with Crippen molar-refractivity contribution in [2.45, 2.75) is 12.8 Å². The molecule has 2 heterocycles. The summed E-state index contributed by atoms with van der Waals surface area (Å²) in [4.78, 5) is 0. The molecule has 4 nitrogen and oxygen atoms in total. The summed E-state index contributed by atoms with van der Waals surface area (Å²) in [6.45, 7) is 1.34. The largest absolute Gasteiger partial charge is 0.315 e. The van der Waals surface area contributed by atoms with Crippen LogP contribution in [-0.2, 0) is 18.5 Å². The first kappa shape index (κ1) is 10.3. The average Bonchev–Trinajstić information content (AvgIpc) is 2.60. The van der Waals surface area contributed by atoms with E-state index >= 15 is 0 Å². The van der Waals surface area contributed by atoms with Gasteiger partial charge in [0.2, 0.25) is 0 Å². The molecule has 0 radical (unpaired) electrons. The summed E-state index contributed by atoms with van der Waals surface area (Å²) in [5.41, 5.74) is 0. The Hall–Kier alpha value is 0.220. The maximum Gasteiger partial charge on any atom is 0.267 e. The molecule has 2 saturated heterocycles. The lowest BCUT2D eigenvalue weighted by molar-refractivity contribution is 0.354. The Balaban J connectivity index is 0.000000127. The van der Waals surface area contributed by atoms with E-state index in [9.17, 15) is 8.42 Å². The molecule has 0 saturated carbocycles. The summed E-state index contributed by atoms with van der Waals surface area (Å²) in [6.07, 6.45) is 1.90. The Bertz CT molecular complexity index is 188. The molecule has 0 unspecified atom stereocenters. The molecule has 12 heavy (non-hydrogen) atoms. The van der Waals surface area contributed by atoms with Crippen molar-refractivity contribution in [3.63, 3.8) is 0 Å². The maximum atomic E-state index is 10.2. The van der Waals surface area contributed by atoms with Crippen molar-refractivity contribution in [2.24, 2.45) is 0 Å². The zero-order valence-electron chi connectivity index (χ0n) is 6.69. The van der Waals surface area contributed by atoms with Crippen LogP contribution in [-0.4, -0.2) is 33.1 Å². The third kappa shape index (κ3) is 4.30. The third-order valence-electron chi connectivity index (χ3n) is 1.34. The van der Waals surface area contributed by atoms with Crippen LogP contribution in [0.1, 0.15) is 12.8 Å². The molecule has 2 aliphatic heterocycles. The molecule has 2 fully saturated rings. The van der Waals surface area contributed by atoms with Crippen LogP contribution >= 0.6 is 12.0 Å². The summed E-state index contributed by atoms with van der Waals surface area (Å²) in [5.74, 6) is 1.40. The van der Waals surface area contributed by atoms with Crippen molar-refractivity contribution < 1.29 is 16.8 Å². The van der Waals surface area contributed by atoms with E-state index in [1.165, 1.54) is 12.2 Å². The summed E-state index contributed by atoms with van der Waals surface area (Å²) in [5, 5.41) is 0. The van der Waals surface area contributed by atoms with Crippen molar-refractivity contribution >= 4 is 22.2 Å². The fraction of sp³-hybridized carbons (Fsp3) is 1.00. The minimum Gasteiger partial charge on any atom is -0.315 e. The van der Waals surface area contributed by atoms with Crippen LogP contribution in [0.15, 0.2) is 0 Å². The lowest BCUT2D eigenvalue weighted by Gasteiger charge is -1.83. The topological polar surface area (TPSA) is 52.6 Å². The highest BCUT2D eigenvalue weighted by Gasteiger charge is 2.16. The molecule has 2 aliphatic rings. The van der Waals surface area contributed by atoms with Crippen molar-refractivity contribution in [3.8, 4) is 0 Å². The summed E-state index contributed by atoms with van der Waals surface area (Å²) >= 11 is 1.57. The second kappa shape index (κ2) is 5.06. The molecule has 0 aromatic carbocycles. The first-order chi connectivity index (χ1) is 5.71. The molecular weight excluding hydrogens is 200 g/mol. The highest BCUT2D eigenvalue weighted by atomic mass is 32.2. The summed E-state index contributed by atoms with van der Waals surface area (Å²) in [7, 11) is -3.05. The minimum atomic E-state index is -3.05. The van der Waals surface area contributed by atoms with Gasteiger partial charge >= 0.3 is 0 Å². The zero-order valence-corrected chi connectivity index (χ0v) is 8.33.